The van der Waals surface area contributed by atoms with Crippen molar-refractivity contribution in [2.24, 2.45) is 0 Å². The minimum Gasteiger partial charge on any atom is -0.351 e. The lowest BCUT2D eigenvalue weighted by atomic mass is 10.2. The number of pyridine rings is 1. The van der Waals surface area contributed by atoms with Crippen LogP contribution in [0.25, 0.3) is 10.9 Å². The first-order valence-corrected chi connectivity index (χ1v) is 6.87. The highest BCUT2D eigenvalue weighted by Crippen LogP contribution is 2.24. The van der Waals surface area contributed by atoms with E-state index in [0.29, 0.717) is 0 Å². The molecule has 1 N–H and O–H groups in total. The summed E-state index contributed by atoms with van der Waals surface area (Å²) in [4.78, 5) is 6.63. The number of nitrogens with zero attached hydrogens (tertiary/aromatic N) is 3. The van der Waals surface area contributed by atoms with E-state index in [1.807, 2.05) is 25.3 Å². The van der Waals surface area contributed by atoms with Gasteiger partial charge in [0.05, 0.1) is 10.9 Å². The van der Waals surface area contributed by atoms with Gasteiger partial charge in [0.15, 0.2) is 5.82 Å². The van der Waals surface area contributed by atoms with Gasteiger partial charge in [-0.05, 0) is 25.5 Å². The first-order chi connectivity index (χ1) is 9.78. The molecule has 0 radical (unpaired) electrons. The van der Waals surface area contributed by atoms with Crippen LogP contribution in [0.15, 0.2) is 42.6 Å². The topological polar surface area (TPSA) is 44.8 Å². The smallest absolute Gasteiger partial charge is 0.160 e. The molecule has 0 atom stereocenters. The molecule has 102 valence electrons. The van der Waals surface area contributed by atoms with E-state index in [4.69, 9.17) is 0 Å². The molecule has 0 spiro atoms. The van der Waals surface area contributed by atoms with Gasteiger partial charge < -0.3 is 4.90 Å². The number of aromatic amines is 1. The average Bonchev–Trinajstić information content (AvgIpc) is 2.88. The molecule has 0 fully saturated rings. The van der Waals surface area contributed by atoms with Gasteiger partial charge in [0.1, 0.15) is 0 Å². The first-order valence-electron chi connectivity index (χ1n) is 6.87. The summed E-state index contributed by atoms with van der Waals surface area (Å²) in [5.41, 5.74) is 3.32. The molecule has 0 unspecified atom stereocenters. The number of aryl methyl sites for hydroxylation is 1. The fraction of sp³-hybridized carbons (Fsp3) is 0.250. The third kappa shape index (κ3) is 2.37. The van der Waals surface area contributed by atoms with Crippen LogP contribution in [-0.2, 0) is 6.54 Å². The number of fused-ring (bicyclic) bond motifs is 1. The van der Waals surface area contributed by atoms with Crippen molar-refractivity contribution in [3.63, 3.8) is 0 Å². The first kappa shape index (κ1) is 12.7. The zero-order chi connectivity index (χ0) is 13.9. The van der Waals surface area contributed by atoms with Crippen LogP contribution in [0.3, 0.4) is 0 Å². The number of hydrogen-bond acceptors (Lipinski definition) is 3. The van der Waals surface area contributed by atoms with E-state index in [1.165, 1.54) is 5.56 Å². The Morgan fingerprint density at radius 2 is 2.00 bits per heavy atom. The van der Waals surface area contributed by atoms with Crippen molar-refractivity contribution in [2.45, 2.75) is 20.4 Å². The third-order valence-corrected chi connectivity index (χ3v) is 3.46. The summed E-state index contributed by atoms with van der Waals surface area (Å²) in [5, 5.41) is 8.64. The summed E-state index contributed by atoms with van der Waals surface area (Å²) >= 11 is 0. The van der Waals surface area contributed by atoms with Crippen LogP contribution in [0.5, 0.6) is 0 Å². The number of hydrogen-bond donors (Lipinski definition) is 1. The number of rotatable bonds is 4. The van der Waals surface area contributed by atoms with E-state index in [1.54, 1.807) is 0 Å². The van der Waals surface area contributed by atoms with Crippen molar-refractivity contribution in [2.75, 3.05) is 11.4 Å². The summed E-state index contributed by atoms with van der Waals surface area (Å²) in [6, 6.07) is 12.5. The maximum absolute atomic E-state index is 4.46. The molecule has 2 aromatic heterocycles. The minimum atomic E-state index is 0.852. The van der Waals surface area contributed by atoms with Crippen LogP contribution in [0.1, 0.15) is 18.2 Å². The molecule has 4 nitrogen and oxygen atoms in total. The molecular formula is C16H18N4. The second-order valence-electron chi connectivity index (χ2n) is 4.92. The molecular weight excluding hydrogens is 248 g/mol. The molecule has 20 heavy (non-hydrogen) atoms. The van der Waals surface area contributed by atoms with E-state index in [9.17, 15) is 0 Å². The molecule has 4 heteroatoms. The van der Waals surface area contributed by atoms with E-state index < -0.39 is 0 Å². The van der Waals surface area contributed by atoms with Gasteiger partial charge in [-0.15, -0.1) is 0 Å². The summed E-state index contributed by atoms with van der Waals surface area (Å²) in [5.74, 6) is 0.971. The second kappa shape index (κ2) is 5.33. The van der Waals surface area contributed by atoms with Gasteiger partial charge in [-0.1, -0.05) is 30.3 Å². The fourth-order valence-electron chi connectivity index (χ4n) is 2.39. The molecule has 0 bridgehead atoms. The second-order valence-corrected chi connectivity index (χ2v) is 4.92. The lowest BCUT2D eigenvalue weighted by molar-refractivity contribution is 0.812. The van der Waals surface area contributed by atoms with Crippen LogP contribution < -0.4 is 4.90 Å². The highest BCUT2D eigenvalue weighted by molar-refractivity contribution is 5.89. The predicted molar refractivity (Wildman–Crippen MR) is 81.8 cm³/mol. The Labute approximate surface area is 118 Å². The predicted octanol–water partition coefficient (Wildman–Crippen LogP) is 3.29. The Balaban J connectivity index is 1.95. The zero-order valence-electron chi connectivity index (χ0n) is 11.8. The molecule has 0 aliphatic heterocycles. The molecule has 1 aromatic carbocycles. The van der Waals surface area contributed by atoms with Crippen LogP contribution >= 0.6 is 0 Å². The standard InChI is InChI=1S/C16H18N4/c1-3-20(11-13-7-5-4-6-8-13)16-14-10-17-12(2)9-15(14)18-19-16/h4-10H,3,11H2,1-2H3,(H,18,19). The minimum absolute atomic E-state index is 0.852. The van der Waals surface area contributed by atoms with Gasteiger partial charge in [0.2, 0.25) is 0 Å². The quantitative estimate of drug-likeness (QED) is 0.788. The molecule has 0 saturated carbocycles. The van der Waals surface area contributed by atoms with Crippen molar-refractivity contribution in [3.05, 3.63) is 53.9 Å². The maximum atomic E-state index is 4.46. The van der Waals surface area contributed by atoms with Crippen molar-refractivity contribution < 1.29 is 0 Å². The van der Waals surface area contributed by atoms with Gasteiger partial charge in [0.25, 0.3) is 0 Å². The Morgan fingerprint density at radius 3 is 2.75 bits per heavy atom. The Kier molecular flexibility index (Phi) is 3.37. The van der Waals surface area contributed by atoms with E-state index in [0.717, 1.165) is 35.5 Å². The highest BCUT2D eigenvalue weighted by Gasteiger charge is 2.13. The van der Waals surface area contributed by atoms with Crippen molar-refractivity contribution in [1.82, 2.24) is 15.2 Å². The van der Waals surface area contributed by atoms with Crippen LogP contribution in [0, 0.1) is 6.92 Å². The fourth-order valence-corrected chi connectivity index (χ4v) is 2.39. The number of nitrogens with one attached hydrogen (secondary N) is 1. The summed E-state index contributed by atoms with van der Waals surface area (Å²) in [6.45, 7) is 5.89. The van der Waals surface area contributed by atoms with Crippen molar-refractivity contribution in [1.29, 1.82) is 0 Å². The molecule has 0 amide bonds. The van der Waals surface area contributed by atoms with E-state index in [-0.39, 0.29) is 0 Å². The normalized spacial score (nSPS) is 10.9. The molecule has 3 aromatic rings. The Morgan fingerprint density at radius 1 is 1.20 bits per heavy atom. The van der Waals surface area contributed by atoms with Crippen LogP contribution in [0.2, 0.25) is 0 Å². The van der Waals surface area contributed by atoms with Gasteiger partial charge in [-0.3, -0.25) is 10.1 Å². The van der Waals surface area contributed by atoms with E-state index >= 15 is 0 Å². The number of aromatic nitrogens is 3. The average molecular weight is 266 g/mol. The molecule has 0 aliphatic carbocycles. The Bertz CT molecular complexity index is 703. The Hall–Kier alpha value is -2.36. The van der Waals surface area contributed by atoms with Gasteiger partial charge in [0, 0.05) is 25.0 Å². The largest absolute Gasteiger partial charge is 0.351 e. The molecule has 2 heterocycles. The van der Waals surface area contributed by atoms with Gasteiger partial charge in [-0.2, -0.15) is 5.10 Å². The summed E-state index contributed by atoms with van der Waals surface area (Å²) in [7, 11) is 0. The SMILES string of the molecule is CCN(Cc1ccccc1)c1n[nH]c2cc(C)ncc12. The lowest BCUT2D eigenvalue weighted by Gasteiger charge is -2.20. The highest BCUT2D eigenvalue weighted by atomic mass is 15.3. The number of benzene rings is 1. The lowest BCUT2D eigenvalue weighted by Crippen LogP contribution is -2.22. The molecule has 0 saturated heterocycles. The van der Waals surface area contributed by atoms with Crippen molar-refractivity contribution >= 4 is 16.7 Å². The third-order valence-electron chi connectivity index (χ3n) is 3.46. The maximum Gasteiger partial charge on any atom is 0.160 e. The molecule has 3 rings (SSSR count). The van der Waals surface area contributed by atoms with Gasteiger partial charge >= 0.3 is 0 Å². The van der Waals surface area contributed by atoms with Gasteiger partial charge in [-0.25, -0.2) is 0 Å². The summed E-state index contributed by atoms with van der Waals surface area (Å²) in [6.07, 6.45) is 1.90. The monoisotopic (exact) mass is 266 g/mol. The zero-order valence-corrected chi connectivity index (χ0v) is 11.8. The summed E-state index contributed by atoms with van der Waals surface area (Å²) < 4.78 is 0. The van der Waals surface area contributed by atoms with Crippen molar-refractivity contribution in [3.8, 4) is 0 Å². The number of anilines is 1. The van der Waals surface area contributed by atoms with Crippen LogP contribution in [0.4, 0.5) is 5.82 Å². The van der Waals surface area contributed by atoms with E-state index in [2.05, 4.69) is 51.3 Å². The molecule has 0 aliphatic rings. The number of H-pyrrole nitrogens is 1. The van der Waals surface area contributed by atoms with Crippen LogP contribution in [-0.4, -0.2) is 21.7 Å².